The van der Waals surface area contributed by atoms with Crippen molar-refractivity contribution in [2.24, 2.45) is 0 Å². The van der Waals surface area contributed by atoms with Crippen LogP contribution in [0.5, 0.6) is 0 Å². The third kappa shape index (κ3) is 3.30. The predicted octanol–water partition coefficient (Wildman–Crippen LogP) is 1.49. The van der Waals surface area contributed by atoms with Gasteiger partial charge in [-0.1, -0.05) is 6.92 Å². The highest BCUT2D eigenvalue weighted by Crippen LogP contribution is 2.05. The van der Waals surface area contributed by atoms with Crippen molar-refractivity contribution in [2.75, 3.05) is 19.0 Å². The van der Waals surface area contributed by atoms with Gasteiger partial charge in [-0.15, -0.1) is 0 Å². The molecule has 1 aromatic heterocycles. The molecule has 4 nitrogen and oxygen atoms in total. The number of nitrogens with one attached hydrogen (secondary N) is 1. The molecule has 0 aliphatic carbocycles. The second kappa shape index (κ2) is 5.54. The molecule has 1 unspecified atom stereocenters. The first-order chi connectivity index (χ1) is 6.76. The Hall–Kier alpha value is -1.16. The molecule has 1 rings (SSSR count). The first-order valence-electron chi connectivity index (χ1n) is 4.82. The van der Waals surface area contributed by atoms with Gasteiger partial charge in [-0.3, -0.25) is 0 Å². The Bertz CT molecular complexity index is 278. The van der Waals surface area contributed by atoms with Crippen LogP contribution in [-0.2, 0) is 11.2 Å². The first-order valence-corrected chi connectivity index (χ1v) is 4.82. The van der Waals surface area contributed by atoms with E-state index in [0.717, 1.165) is 17.9 Å². The molecule has 0 radical (unpaired) electrons. The van der Waals surface area contributed by atoms with Crippen LogP contribution in [0.1, 0.15) is 19.5 Å². The van der Waals surface area contributed by atoms with Crippen LogP contribution < -0.4 is 5.32 Å². The third-order valence-electron chi connectivity index (χ3n) is 1.90. The number of hydrogen-bond donors (Lipinski definition) is 1. The maximum Gasteiger partial charge on any atom is 0.129 e. The molecule has 0 fully saturated rings. The van der Waals surface area contributed by atoms with Gasteiger partial charge in [0.25, 0.3) is 0 Å². The number of aromatic nitrogens is 2. The number of rotatable bonds is 5. The van der Waals surface area contributed by atoms with Crippen LogP contribution in [0.4, 0.5) is 5.82 Å². The first kappa shape index (κ1) is 10.9. The van der Waals surface area contributed by atoms with Crippen LogP contribution in [0.15, 0.2) is 12.4 Å². The summed E-state index contributed by atoms with van der Waals surface area (Å²) >= 11 is 0. The number of aryl methyl sites for hydroxylation is 1. The summed E-state index contributed by atoms with van der Waals surface area (Å²) in [5.41, 5.74) is 1.05. The number of anilines is 1. The van der Waals surface area contributed by atoms with Crippen molar-refractivity contribution in [3.63, 3.8) is 0 Å². The fraction of sp³-hybridized carbons (Fsp3) is 0.600. The molecular formula is C10H17N3O. The molecule has 0 spiro atoms. The number of nitrogens with zero attached hydrogens (tertiary/aromatic N) is 2. The molecule has 4 heteroatoms. The molecule has 1 aromatic rings. The van der Waals surface area contributed by atoms with Gasteiger partial charge in [-0.25, -0.2) is 9.97 Å². The molecule has 0 aliphatic heterocycles. The lowest BCUT2D eigenvalue weighted by Crippen LogP contribution is -2.21. The molecule has 0 bridgehead atoms. The Kier molecular flexibility index (Phi) is 4.32. The van der Waals surface area contributed by atoms with Crippen molar-refractivity contribution >= 4 is 5.82 Å². The van der Waals surface area contributed by atoms with Crippen molar-refractivity contribution in [1.82, 2.24) is 9.97 Å². The van der Waals surface area contributed by atoms with Crippen LogP contribution in [0.3, 0.4) is 0 Å². The molecule has 1 N–H and O–H groups in total. The number of methoxy groups -OCH3 is 1. The minimum atomic E-state index is 0.264. The van der Waals surface area contributed by atoms with E-state index in [9.17, 15) is 0 Å². The molecule has 0 aliphatic rings. The van der Waals surface area contributed by atoms with Crippen LogP contribution in [-0.4, -0.2) is 29.7 Å². The summed E-state index contributed by atoms with van der Waals surface area (Å²) < 4.78 is 5.03. The van der Waals surface area contributed by atoms with E-state index in [1.807, 2.05) is 6.07 Å². The SMILES string of the molecule is CCc1cc(NC(C)COC)ncn1. The lowest BCUT2D eigenvalue weighted by atomic mass is 10.3. The maximum atomic E-state index is 5.03. The number of ether oxygens (including phenoxy) is 1. The van der Waals surface area contributed by atoms with Gasteiger partial charge in [-0.2, -0.15) is 0 Å². The molecule has 1 heterocycles. The van der Waals surface area contributed by atoms with E-state index < -0.39 is 0 Å². The fourth-order valence-electron chi connectivity index (χ4n) is 1.21. The summed E-state index contributed by atoms with van der Waals surface area (Å²) in [6.45, 7) is 4.80. The quantitative estimate of drug-likeness (QED) is 0.773. The van der Waals surface area contributed by atoms with Gasteiger partial charge in [0.1, 0.15) is 12.1 Å². The van der Waals surface area contributed by atoms with Gasteiger partial charge in [0.15, 0.2) is 0 Å². The van der Waals surface area contributed by atoms with Crippen molar-refractivity contribution in [3.05, 3.63) is 18.1 Å². The summed E-state index contributed by atoms with van der Waals surface area (Å²) in [7, 11) is 1.69. The highest BCUT2D eigenvalue weighted by atomic mass is 16.5. The van der Waals surface area contributed by atoms with Gasteiger partial charge in [0.05, 0.1) is 6.61 Å². The molecule has 0 saturated carbocycles. The van der Waals surface area contributed by atoms with Crippen molar-refractivity contribution in [2.45, 2.75) is 26.3 Å². The van der Waals surface area contributed by atoms with E-state index in [1.54, 1.807) is 13.4 Å². The molecule has 1 atom stereocenters. The molecular weight excluding hydrogens is 178 g/mol. The summed E-state index contributed by atoms with van der Waals surface area (Å²) in [6.07, 6.45) is 2.51. The van der Waals surface area contributed by atoms with Gasteiger partial charge in [0.2, 0.25) is 0 Å². The maximum absolute atomic E-state index is 5.03. The summed E-state index contributed by atoms with van der Waals surface area (Å²) in [5.74, 6) is 0.862. The molecule has 0 aromatic carbocycles. The summed E-state index contributed by atoms with van der Waals surface area (Å²) in [6, 6.07) is 2.23. The highest BCUT2D eigenvalue weighted by molar-refractivity contribution is 5.35. The second-order valence-corrected chi connectivity index (χ2v) is 3.25. The second-order valence-electron chi connectivity index (χ2n) is 3.25. The van der Waals surface area contributed by atoms with Crippen molar-refractivity contribution in [3.8, 4) is 0 Å². The van der Waals surface area contributed by atoms with E-state index in [1.165, 1.54) is 0 Å². The molecule has 0 saturated heterocycles. The normalized spacial score (nSPS) is 12.5. The van der Waals surface area contributed by atoms with Gasteiger partial charge < -0.3 is 10.1 Å². The third-order valence-corrected chi connectivity index (χ3v) is 1.90. The van der Waals surface area contributed by atoms with Crippen LogP contribution >= 0.6 is 0 Å². The molecule has 78 valence electrons. The van der Waals surface area contributed by atoms with E-state index >= 15 is 0 Å². The highest BCUT2D eigenvalue weighted by Gasteiger charge is 2.02. The molecule has 0 amide bonds. The minimum Gasteiger partial charge on any atom is -0.383 e. The fourth-order valence-corrected chi connectivity index (χ4v) is 1.21. The Morgan fingerprint density at radius 3 is 2.93 bits per heavy atom. The summed E-state index contributed by atoms with van der Waals surface area (Å²) in [4.78, 5) is 8.26. The number of hydrogen-bond acceptors (Lipinski definition) is 4. The smallest absolute Gasteiger partial charge is 0.129 e. The Morgan fingerprint density at radius 1 is 1.50 bits per heavy atom. The topological polar surface area (TPSA) is 47.0 Å². The van der Waals surface area contributed by atoms with E-state index in [0.29, 0.717) is 6.61 Å². The van der Waals surface area contributed by atoms with Crippen molar-refractivity contribution < 1.29 is 4.74 Å². The standard InChI is InChI=1S/C10H17N3O/c1-4-9-5-10(12-7-11-9)13-8(2)6-14-3/h5,7-8H,4,6H2,1-3H3,(H,11,12,13). The lowest BCUT2D eigenvalue weighted by molar-refractivity contribution is 0.190. The molecule has 14 heavy (non-hydrogen) atoms. The average Bonchev–Trinajstić information content (AvgIpc) is 2.18. The zero-order chi connectivity index (χ0) is 10.4. The predicted molar refractivity (Wildman–Crippen MR) is 56.4 cm³/mol. The Labute approximate surface area is 84.7 Å². The van der Waals surface area contributed by atoms with Gasteiger partial charge >= 0.3 is 0 Å². The van der Waals surface area contributed by atoms with Crippen LogP contribution in [0.2, 0.25) is 0 Å². The van der Waals surface area contributed by atoms with Gasteiger partial charge in [-0.05, 0) is 13.3 Å². The van der Waals surface area contributed by atoms with Gasteiger partial charge in [0, 0.05) is 24.9 Å². The summed E-state index contributed by atoms with van der Waals surface area (Å²) in [5, 5.41) is 3.24. The zero-order valence-electron chi connectivity index (χ0n) is 8.95. The lowest BCUT2D eigenvalue weighted by Gasteiger charge is -2.13. The van der Waals surface area contributed by atoms with Crippen molar-refractivity contribution in [1.29, 1.82) is 0 Å². The van der Waals surface area contributed by atoms with E-state index in [-0.39, 0.29) is 6.04 Å². The minimum absolute atomic E-state index is 0.264. The zero-order valence-corrected chi connectivity index (χ0v) is 8.95. The van der Waals surface area contributed by atoms with Crippen LogP contribution in [0, 0.1) is 0 Å². The Morgan fingerprint density at radius 2 is 2.29 bits per heavy atom. The average molecular weight is 195 g/mol. The van der Waals surface area contributed by atoms with E-state index in [2.05, 4.69) is 29.1 Å². The largest absolute Gasteiger partial charge is 0.383 e. The Balaban J connectivity index is 2.57. The monoisotopic (exact) mass is 195 g/mol. The van der Waals surface area contributed by atoms with Crippen LogP contribution in [0.25, 0.3) is 0 Å². The van der Waals surface area contributed by atoms with E-state index in [4.69, 9.17) is 4.74 Å².